The van der Waals surface area contributed by atoms with E-state index < -0.39 is 32.8 Å². The van der Waals surface area contributed by atoms with Crippen LogP contribution >= 0.6 is 0 Å². The van der Waals surface area contributed by atoms with Gasteiger partial charge in [0.05, 0.1) is 10.6 Å². The van der Waals surface area contributed by atoms with Crippen molar-refractivity contribution in [3.05, 3.63) is 24.3 Å². The van der Waals surface area contributed by atoms with E-state index in [2.05, 4.69) is 5.32 Å². The predicted octanol–water partition coefficient (Wildman–Crippen LogP) is 3.73. The zero-order chi connectivity index (χ0) is 16.3. The summed E-state index contributed by atoms with van der Waals surface area (Å²) in [6.07, 6.45) is -5.88. The number of halogens is 6. The molecule has 0 spiro atoms. The summed E-state index contributed by atoms with van der Waals surface area (Å²) < 4.78 is 95.9. The first-order chi connectivity index (χ1) is 9.45. The highest BCUT2D eigenvalue weighted by Crippen LogP contribution is 2.34. The number of hydrogen-bond acceptors (Lipinski definition) is 3. The lowest BCUT2D eigenvalue weighted by molar-refractivity contribution is -0.134. The number of hydrogen-bond donors (Lipinski definition) is 1. The number of alkyl halides is 6. The van der Waals surface area contributed by atoms with Crippen molar-refractivity contribution in [2.45, 2.75) is 29.4 Å². The van der Waals surface area contributed by atoms with E-state index in [4.69, 9.17) is 0 Å². The average Bonchev–Trinajstić information content (AvgIpc) is 2.32. The fourth-order valence-corrected chi connectivity index (χ4v) is 2.42. The van der Waals surface area contributed by atoms with Crippen molar-refractivity contribution in [1.29, 1.82) is 0 Å². The van der Waals surface area contributed by atoms with E-state index in [1.807, 2.05) is 0 Å². The van der Waals surface area contributed by atoms with Crippen molar-refractivity contribution < 1.29 is 34.8 Å². The van der Waals surface area contributed by atoms with Gasteiger partial charge in [-0.1, -0.05) is 12.1 Å². The van der Waals surface area contributed by atoms with Crippen LogP contribution in [0.2, 0.25) is 0 Å². The highest BCUT2D eigenvalue weighted by Gasteiger charge is 2.47. The molecule has 0 unspecified atom stereocenters. The summed E-state index contributed by atoms with van der Waals surface area (Å²) in [6.45, 7) is -0.302. The summed E-state index contributed by atoms with van der Waals surface area (Å²) in [5.41, 5.74) is -5.85. The van der Waals surface area contributed by atoms with E-state index in [9.17, 15) is 34.8 Å². The molecule has 0 aliphatic heterocycles. The van der Waals surface area contributed by atoms with Crippen LogP contribution in [0.15, 0.2) is 29.2 Å². The maximum Gasteiger partial charge on any atom is 0.501 e. The standard InChI is InChI=1S/C11H11F6NO2S/c12-10(13,14)6-3-7-18-8-4-1-2-5-9(8)21(19,20)11(15,16)17/h1-2,4-5,18H,3,6-7H2. The number of rotatable bonds is 5. The molecule has 0 atom stereocenters. The molecule has 1 rings (SSSR count). The predicted molar refractivity (Wildman–Crippen MR) is 63.5 cm³/mol. The van der Waals surface area contributed by atoms with Gasteiger partial charge in [-0.2, -0.15) is 26.3 Å². The summed E-state index contributed by atoms with van der Waals surface area (Å²) >= 11 is 0. The number of para-hydroxylation sites is 1. The van der Waals surface area contributed by atoms with Crippen LogP contribution in [0.5, 0.6) is 0 Å². The molecule has 0 bridgehead atoms. The van der Waals surface area contributed by atoms with Crippen LogP contribution in [0.3, 0.4) is 0 Å². The van der Waals surface area contributed by atoms with Crippen LogP contribution in [0.4, 0.5) is 32.0 Å². The second-order valence-corrected chi connectivity index (χ2v) is 6.00. The van der Waals surface area contributed by atoms with E-state index in [0.717, 1.165) is 18.2 Å². The lowest BCUT2D eigenvalue weighted by atomic mass is 10.2. The van der Waals surface area contributed by atoms with Gasteiger partial charge in [0, 0.05) is 13.0 Å². The lowest BCUT2D eigenvalue weighted by Gasteiger charge is -2.14. The van der Waals surface area contributed by atoms with Gasteiger partial charge in [0.1, 0.15) is 0 Å². The second kappa shape index (κ2) is 6.12. The van der Waals surface area contributed by atoms with E-state index in [1.165, 1.54) is 6.07 Å². The average molecular weight is 335 g/mol. The zero-order valence-corrected chi connectivity index (χ0v) is 11.2. The Morgan fingerprint density at radius 3 is 2.10 bits per heavy atom. The quantitative estimate of drug-likeness (QED) is 0.659. The number of anilines is 1. The molecule has 0 aromatic heterocycles. The Balaban J connectivity index is 2.87. The Morgan fingerprint density at radius 1 is 1.00 bits per heavy atom. The summed E-state index contributed by atoms with van der Waals surface area (Å²) in [5, 5.41) is 2.28. The molecule has 1 aromatic rings. The topological polar surface area (TPSA) is 46.2 Å². The summed E-state index contributed by atoms with van der Waals surface area (Å²) in [5.74, 6) is 0. The first-order valence-electron chi connectivity index (χ1n) is 5.66. The minimum atomic E-state index is -5.56. The van der Waals surface area contributed by atoms with Gasteiger partial charge in [0.25, 0.3) is 9.84 Å². The lowest BCUT2D eigenvalue weighted by Crippen LogP contribution is -2.24. The minimum absolute atomic E-state index is 0.302. The fourth-order valence-electron chi connectivity index (χ4n) is 1.48. The zero-order valence-electron chi connectivity index (χ0n) is 10.4. The van der Waals surface area contributed by atoms with Crippen molar-refractivity contribution >= 4 is 15.5 Å². The van der Waals surface area contributed by atoms with Crippen LogP contribution in [0.1, 0.15) is 12.8 Å². The molecule has 3 nitrogen and oxygen atoms in total. The van der Waals surface area contributed by atoms with Crippen LogP contribution in [0.25, 0.3) is 0 Å². The Kier molecular flexibility index (Phi) is 5.13. The third-order valence-corrected chi connectivity index (χ3v) is 3.98. The molecule has 0 saturated heterocycles. The molecule has 0 saturated carbocycles. The van der Waals surface area contributed by atoms with Gasteiger partial charge in [-0.05, 0) is 18.6 Å². The highest BCUT2D eigenvalue weighted by molar-refractivity contribution is 7.92. The molecule has 0 aliphatic carbocycles. The molecule has 10 heteroatoms. The van der Waals surface area contributed by atoms with E-state index in [1.54, 1.807) is 0 Å². The monoisotopic (exact) mass is 335 g/mol. The SMILES string of the molecule is O=S(=O)(c1ccccc1NCCCC(F)(F)F)C(F)(F)F. The Hall–Kier alpha value is -1.45. The van der Waals surface area contributed by atoms with E-state index >= 15 is 0 Å². The van der Waals surface area contributed by atoms with E-state index in [-0.39, 0.29) is 18.7 Å². The Labute approximate surface area is 116 Å². The van der Waals surface area contributed by atoms with Gasteiger partial charge < -0.3 is 5.32 Å². The van der Waals surface area contributed by atoms with Crippen molar-refractivity contribution in [2.75, 3.05) is 11.9 Å². The molecular formula is C11H11F6NO2S. The first-order valence-corrected chi connectivity index (χ1v) is 7.14. The normalized spacial score (nSPS) is 13.2. The second-order valence-electron chi connectivity index (χ2n) is 4.09. The third kappa shape index (κ3) is 4.80. The molecule has 0 amide bonds. The number of nitrogens with one attached hydrogen (secondary N) is 1. The van der Waals surface area contributed by atoms with Gasteiger partial charge in [0.2, 0.25) is 0 Å². The molecular weight excluding hydrogens is 324 g/mol. The van der Waals surface area contributed by atoms with Gasteiger partial charge >= 0.3 is 11.7 Å². The summed E-state index contributed by atoms with van der Waals surface area (Å²) in [7, 11) is -5.56. The third-order valence-electron chi connectivity index (χ3n) is 2.43. The van der Waals surface area contributed by atoms with Crippen molar-refractivity contribution in [1.82, 2.24) is 0 Å². The Morgan fingerprint density at radius 2 is 1.57 bits per heavy atom. The number of benzene rings is 1. The van der Waals surface area contributed by atoms with Crippen molar-refractivity contribution in [2.24, 2.45) is 0 Å². The maximum atomic E-state index is 12.5. The fraction of sp³-hybridized carbons (Fsp3) is 0.455. The van der Waals surface area contributed by atoms with Gasteiger partial charge in [0.15, 0.2) is 0 Å². The summed E-state index contributed by atoms with van der Waals surface area (Å²) in [6, 6.07) is 4.18. The van der Waals surface area contributed by atoms with E-state index in [0.29, 0.717) is 0 Å². The van der Waals surface area contributed by atoms with Crippen LogP contribution < -0.4 is 5.32 Å². The largest absolute Gasteiger partial charge is 0.501 e. The Bertz CT molecular complexity index is 579. The molecule has 1 N–H and O–H groups in total. The molecule has 0 radical (unpaired) electrons. The van der Waals surface area contributed by atoms with Crippen LogP contribution in [-0.2, 0) is 9.84 Å². The molecule has 0 aliphatic rings. The minimum Gasteiger partial charge on any atom is -0.384 e. The molecule has 120 valence electrons. The maximum absolute atomic E-state index is 12.5. The molecule has 21 heavy (non-hydrogen) atoms. The summed E-state index contributed by atoms with van der Waals surface area (Å²) in [4.78, 5) is -1.01. The number of sulfone groups is 1. The van der Waals surface area contributed by atoms with Gasteiger partial charge in [-0.3, -0.25) is 0 Å². The first kappa shape index (κ1) is 17.6. The molecule has 0 heterocycles. The van der Waals surface area contributed by atoms with Crippen LogP contribution in [0, 0.1) is 0 Å². The highest BCUT2D eigenvalue weighted by atomic mass is 32.2. The van der Waals surface area contributed by atoms with Gasteiger partial charge in [-0.15, -0.1) is 0 Å². The van der Waals surface area contributed by atoms with Crippen molar-refractivity contribution in [3.8, 4) is 0 Å². The molecule has 0 fully saturated rings. The van der Waals surface area contributed by atoms with Crippen LogP contribution in [-0.4, -0.2) is 26.6 Å². The van der Waals surface area contributed by atoms with Gasteiger partial charge in [-0.25, -0.2) is 8.42 Å². The smallest absolute Gasteiger partial charge is 0.384 e. The van der Waals surface area contributed by atoms with Crippen molar-refractivity contribution in [3.63, 3.8) is 0 Å². The molecule has 1 aromatic carbocycles.